The zero-order valence-electron chi connectivity index (χ0n) is 20.5. The number of nitrogens with zero attached hydrogens (tertiary/aromatic N) is 1. The Morgan fingerprint density at radius 2 is 1.39 bits per heavy atom. The van der Waals surface area contributed by atoms with Crippen LogP contribution in [-0.2, 0) is 4.79 Å². The van der Waals surface area contributed by atoms with Gasteiger partial charge >= 0.3 is 5.97 Å². The molecular weight excluding hydrogens is 386 g/mol. The lowest BCUT2D eigenvalue weighted by molar-refractivity contribution is -0.137. The second-order valence-electron chi connectivity index (χ2n) is 8.54. The predicted molar refractivity (Wildman–Crippen MR) is 134 cm³/mol. The SMILES string of the molecule is CCCCCCCC/C=C\CCCCCCCC(=O)O.Cc1c(O)cccc1N(C)C. The van der Waals surface area contributed by atoms with Crippen molar-refractivity contribution in [2.45, 2.75) is 104 Å². The highest BCUT2D eigenvalue weighted by atomic mass is 16.4. The molecule has 0 fully saturated rings. The van der Waals surface area contributed by atoms with E-state index in [0.29, 0.717) is 12.2 Å². The number of benzene rings is 1. The van der Waals surface area contributed by atoms with Gasteiger partial charge < -0.3 is 15.1 Å². The van der Waals surface area contributed by atoms with Gasteiger partial charge in [-0.15, -0.1) is 0 Å². The molecule has 0 unspecified atom stereocenters. The van der Waals surface area contributed by atoms with Crippen LogP contribution in [0, 0.1) is 6.92 Å². The first-order chi connectivity index (χ1) is 14.9. The van der Waals surface area contributed by atoms with Crippen molar-refractivity contribution < 1.29 is 15.0 Å². The Labute approximate surface area is 191 Å². The summed E-state index contributed by atoms with van der Waals surface area (Å²) in [7, 11) is 3.92. The van der Waals surface area contributed by atoms with Crippen LogP contribution < -0.4 is 4.90 Å². The molecule has 0 aromatic heterocycles. The summed E-state index contributed by atoms with van der Waals surface area (Å²) in [4.78, 5) is 12.3. The number of carbonyl (C=O) groups is 1. The van der Waals surface area contributed by atoms with Gasteiger partial charge in [0, 0.05) is 31.8 Å². The minimum absolute atomic E-state index is 0.332. The Hall–Kier alpha value is -1.97. The second kappa shape index (κ2) is 20.0. The van der Waals surface area contributed by atoms with Crippen LogP contribution in [0.3, 0.4) is 0 Å². The minimum atomic E-state index is -0.664. The summed E-state index contributed by atoms with van der Waals surface area (Å²) in [6.45, 7) is 4.17. The molecule has 178 valence electrons. The molecule has 0 aliphatic heterocycles. The minimum Gasteiger partial charge on any atom is -0.508 e. The summed E-state index contributed by atoms with van der Waals surface area (Å²) < 4.78 is 0. The Morgan fingerprint density at radius 1 is 0.871 bits per heavy atom. The first-order valence-electron chi connectivity index (χ1n) is 12.2. The van der Waals surface area contributed by atoms with E-state index < -0.39 is 5.97 Å². The van der Waals surface area contributed by atoms with E-state index in [9.17, 15) is 9.90 Å². The van der Waals surface area contributed by atoms with Crippen molar-refractivity contribution in [2.75, 3.05) is 19.0 Å². The molecule has 1 aromatic carbocycles. The predicted octanol–water partition coefficient (Wildman–Crippen LogP) is 7.88. The van der Waals surface area contributed by atoms with Crippen LogP contribution in [0.2, 0.25) is 0 Å². The maximum absolute atomic E-state index is 10.3. The Kier molecular flexibility index (Phi) is 18.7. The fraction of sp³-hybridized carbons (Fsp3) is 0.667. The first kappa shape index (κ1) is 29.0. The standard InChI is InChI=1S/C18H34O2.C9H13NO/c1-2-3-4-5-6-7-8-9-10-11-12-13-14-15-16-17-18(19)20;1-7-8(10(2)3)5-4-6-9(7)11/h9-10H,2-8,11-17H2,1H3,(H,19,20);4-6,11H,1-3H3/b10-9-;. The van der Waals surface area contributed by atoms with Gasteiger partial charge in [0.05, 0.1) is 0 Å². The zero-order valence-corrected chi connectivity index (χ0v) is 20.5. The van der Waals surface area contributed by atoms with Crippen LogP contribution in [0.1, 0.15) is 102 Å². The number of anilines is 1. The topological polar surface area (TPSA) is 60.8 Å². The number of aliphatic carboxylic acids is 1. The summed E-state index contributed by atoms with van der Waals surface area (Å²) in [6.07, 6.45) is 21.2. The van der Waals surface area contributed by atoms with Crippen LogP contribution in [0.4, 0.5) is 5.69 Å². The molecule has 0 amide bonds. The van der Waals surface area contributed by atoms with Crippen LogP contribution in [0.5, 0.6) is 5.75 Å². The smallest absolute Gasteiger partial charge is 0.303 e. The van der Waals surface area contributed by atoms with Gasteiger partial charge in [-0.25, -0.2) is 0 Å². The Balaban J connectivity index is 0.000000683. The number of unbranched alkanes of at least 4 members (excludes halogenated alkanes) is 11. The van der Waals surface area contributed by atoms with E-state index in [2.05, 4.69) is 19.1 Å². The van der Waals surface area contributed by atoms with E-state index in [1.165, 1.54) is 70.6 Å². The summed E-state index contributed by atoms with van der Waals surface area (Å²) in [5, 5.41) is 17.8. The average Bonchev–Trinajstić information content (AvgIpc) is 2.73. The molecule has 31 heavy (non-hydrogen) atoms. The van der Waals surface area contributed by atoms with Gasteiger partial charge in [-0.3, -0.25) is 4.79 Å². The summed E-state index contributed by atoms with van der Waals surface area (Å²) >= 11 is 0. The van der Waals surface area contributed by atoms with Crippen molar-refractivity contribution in [2.24, 2.45) is 0 Å². The lowest BCUT2D eigenvalue weighted by Crippen LogP contribution is -2.09. The van der Waals surface area contributed by atoms with Crippen molar-refractivity contribution in [3.63, 3.8) is 0 Å². The van der Waals surface area contributed by atoms with Gasteiger partial charge in [0.2, 0.25) is 0 Å². The molecular formula is C27H47NO3. The third kappa shape index (κ3) is 17.4. The highest BCUT2D eigenvalue weighted by Crippen LogP contribution is 2.25. The number of hydrogen-bond donors (Lipinski definition) is 2. The number of carboxylic acid groups (broad SMARTS) is 1. The molecule has 0 saturated carbocycles. The van der Waals surface area contributed by atoms with Crippen molar-refractivity contribution in [3.8, 4) is 5.75 Å². The average molecular weight is 434 g/mol. The van der Waals surface area contributed by atoms with E-state index in [1.807, 2.05) is 38.1 Å². The molecule has 0 spiro atoms. The van der Waals surface area contributed by atoms with Crippen molar-refractivity contribution in [3.05, 3.63) is 35.9 Å². The molecule has 4 nitrogen and oxygen atoms in total. The van der Waals surface area contributed by atoms with Crippen LogP contribution >= 0.6 is 0 Å². The number of allylic oxidation sites excluding steroid dienone is 2. The van der Waals surface area contributed by atoms with Gasteiger partial charge in [0.25, 0.3) is 0 Å². The zero-order chi connectivity index (χ0) is 23.3. The van der Waals surface area contributed by atoms with Gasteiger partial charge in [0.15, 0.2) is 0 Å². The van der Waals surface area contributed by atoms with Crippen molar-refractivity contribution >= 4 is 11.7 Å². The lowest BCUT2D eigenvalue weighted by atomic mass is 10.1. The quantitative estimate of drug-likeness (QED) is 0.206. The lowest BCUT2D eigenvalue weighted by Gasteiger charge is -2.15. The molecule has 2 N–H and O–H groups in total. The van der Waals surface area contributed by atoms with E-state index in [-0.39, 0.29) is 0 Å². The first-order valence-corrected chi connectivity index (χ1v) is 12.2. The summed E-state index contributed by atoms with van der Waals surface area (Å²) in [5.41, 5.74) is 1.99. The maximum atomic E-state index is 10.3. The number of carboxylic acids is 1. The molecule has 0 heterocycles. The molecule has 4 heteroatoms. The highest BCUT2D eigenvalue weighted by molar-refractivity contribution is 5.66. The largest absolute Gasteiger partial charge is 0.508 e. The summed E-state index contributed by atoms with van der Waals surface area (Å²) in [6, 6.07) is 5.52. The molecule has 1 rings (SSSR count). The third-order valence-electron chi connectivity index (χ3n) is 5.41. The van der Waals surface area contributed by atoms with Crippen LogP contribution in [0.25, 0.3) is 0 Å². The number of rotatable bonds is 16. The van der Waals surface area contributed by atoms with Crippen molar-refractivity contribution in [1.29, 1.82) is 0 Å². The molecule has 0 bridgehead atoms. The molecule has 0 saturated heterocycles. The van der Waals surface area contributed by atoms with Gasteiger partial charge in [0.1, 0.15) is 5.75 Å². The Bertz CT molecular complexity index is 596. The number of phenols is 1. The molecule has 0 aliphatic carbocycles. The fourth-order valence-corrected chi connectivity index (χ4v) is 3.44. The highest BCUT2D eigenvalue weighted by Gasteiger charge is 2.02. The molecule has 1 aromatic rings. The van der Waals surface area contributed by atoms with Gasteiger partial charge in [-0.05, 0) is 51.2 Å². The van der Waals surface area contributed by atoms with Crippen molar-refractivity contribution in [1.82, 2.24) is 0 Å². The van der Waals surface area contributed by atoms with Gasteiger partial charge in [-0.1, -0.05) is 76.5 Å². The molecule has 0 radical (unpaired) electrons. The molecule has 0 atom stereocenters. The van der Waals surface area contributed by atoms with Crippen LogP contribution in [-0.4, -0.2) is 30.3 Å². The third-order valence-corrected chi connectivity index (χ3v) is 5.41. The monoisotopic (exact) mass is 433 g/mol. The second-order valence-corrected chi connectivity index (χ2v) is 8.54. The van der Waals surface area contributed by atoms with E-state index in [0.717, 1.165) is 24.1 Å². The number of phenolic OH excluding ortho intramolecular Hbond substituents is 1. The number of aromatic hydroxyl groups is 1. The van der Waals surface area contributed by atoms with Gasteiger partial charge in [-0.2, -0.15) is 0 Å². The van der Waals surface area contributed by atoms with E-state index in [1.54, 1.807) is 6.07 Å². The van der Waals surface area contributed by atoms with E-state index >= 15 is 0 Å². The number of hydrogen-bond acceptors (Lipinski definition) is 3. The maximum Gasteiger partial charge on any atom is 0.303 e. The van der Waals surface area contributed by atoms with Crippen LogP contribution in [0.15, 0.2) is 30.4 Å². The summed E-state index contributed by atoms with van der Waals surface area (Å²) in [5.74, 6) is -0.307. The molecule has 0 aliphatic rings. The Morgan fingerprint density at radius 3 is 1.87 bits per heavy atom. The normalized spacial score (nSPS) is 10.7. The fourth-order valence-electron chi connectivity index (χ4n) is 3.44. The van der Waals surface area contributed by atoms with E-state index in [4.69, 9.17) is 5.11 Å².